The minimum absolute atomic E-state index is 0.0127. The molecule has 0 amide bonds. The number of benzene rings is 3. The first-order valence-electron chi connectivity index (χ1n) is 14.1. The second kappa shape index (κ2) is 15.9. The van der Waals surface area contributed by atoms with Crippen LogP contribution in [-0.4, -0.2) is 46.3 Å². The van der Waals surface area contributed by atoms with Crippen LogP contribution in [0.5, 0.6) is 5.75 Å². The van der Waals surface area contributed by atoms with E-state index in [1.54, 1.807) is 40.7 Å². The van der Waals surface area contributed by atoms with Crippen LogP contribution in [0, 0.1) is 19.8 Å². The van der Waals surface area contributed by atoms with Gasteiger partial charge in [-0.25, -0.2) is 13.9 Å². The molecule has 242 valence electrons. The number of carbonyl (C=O) groups is 2. The predicted octanol–water partition coefficient (Wildman–Crippen LogP) is 8.21. The number of nitrogens with zero attached hydrogens (tertiary/aromatic N) is 3. The molecule has 3 aromatic carbocycles. The molecule has 0 radical (unpaired) electrons. The van der Waals surface area contributed by atoms with Gasteiger partial charge in [0.15, 0.2) is 0 Å². The van der Waals surface area contributed by atoms with Gasteiger partial charge in [0.05, 0.1) is 36.7 Å². The van der Waals surface area contributed by atoms with Gasteiger partial charge in [0.2, 0.25) is 0 Å². The van der Waals surface area contributed by atoms with Crippen molar-refractivity contribution in [2.24, 2.45) is 0 Å². The largest absolute Gasteiger partial charge is 0.462 e. The molecular formula is C32H26FN3O7S4. The number of unbranched alkanes of at least 4 members (excludes halogenated alkanes) is 1. The topological polar surface area (TPSA) is 123 Å². The molecule has 0 fully saturated rings. The smallest absolute Gasteiger partial charge is 0.342 e. The Morgan fingerprint density at radius 3 is 2.38 bits per heavy atom. The average molecular weight is 712 g/mol. The van der Waals surface area contributed by atoms with Gasteiger partial charge in [-0.15, -0.1) is 21.9 Å². The lowest BCUT2D eigenvalue weighted by atomic mass is 10.0. The third-order valence-corrected chi connectivity index (χ3v) is 10.3. The maximum Gasteiger partial charge on any atom is 0.342 e. The van der Waals surface area contributed by atoms with Crippen LogP contribution in [0.2, 0.25) is 0 Å². The molecule has 0 saturated carbocycles. The summed E-state index contributed by atoms with van der Waals surface area (Å²) in [5, 5.41) is 14.1. The fourth-order valence-corrected chi connectivity index (χ4v) is 7.37. The Morgan fingerprint density at radius 2 is 1.72 bits per heavy atom. The molecule has 10 nitrogen and oxygen atoms in total. The van der Waals surface area contributed by atoms with Gasteiger partial charge in [-0.3, -0.25) is 4.79 Å². The maximum absolute atomic E-state index is 14.4. The Kier molecular flexibility index (Phi) is 11.5. The molecule has 5 rings (SSSR count). The number of esters is 2. The van der Waals surface area contributed by atoms with Crippen LogP contribution in [0.15, 0.2) is 83.8 Å². The van der Waals surface area contributed by atoms with Gasteiger partial charge in [0.1, 0.15) is 21.0 Å². The molecule has 2 aromatic heterocycles. The molecule has 0 unspecified atom stereocenters. The number of rotatable bonds is 14. The van der Waals surface area contributed by atoms with E-state index in [9.17, 15) is 24.1 Å². The van der Waals surface area contributed by atoms with Crippen LogP contribution in [0.3, 0.4) is 0 Å². The fraction of sp³-hybridized carbons (Fsp3) is 0.188. The van der Waals surface area contributed by atoms with Crippen molar-refractivity contribution < 1.29 is 33.4 Å². The van der Waals surface area contributed by atoms with Crippen LogP contribution in [0.25, 0.3) is 27.4 Å². The van der Waals surface area contributed by atoms with Crippen molar-refractivity contribution >= 4 is 56.6 Å². The van der Waals surface area contributed by atoms with Crippen LogP contribution < -0.4 is 4.74 Å². The van der Waals surface area contributed by atoms with E-state index in [2.05, 4.69) is 9.94 Å². The summed E-state index contributed by atoms with van der Waals surface area (Å²) in [6.07, 6.45) is 2.11. The second-order valence-electron chi connectivity index (χ2n) is 9.86. The predicted molar refractivity (Wildman–Crippen MR) is 181 cm³/mol. The first-order chi connectivity index (χ1) is 22.7. The molecule has 0 aliphatic carbocycles. The summed E-state index contributed by atoms with van der Waals surface area (Å²) in [4.78, 5) is 43.7. The summed E-state index contributed by atoms with van der Waals surface area (Å²) < 4.78 is 27.8. The van der Waals surface area contributed by atoms with Gasteiger partial charge in [-0.05, 0) is 85.3 Å². The highest BCUT2D eigenvalue weighted by Gasteiger charge is 2.29. The number of thioether (sulfide) groups is 1. The van der Waals surface area contributed by atoms with E-state index in [-0.39, 0.29) is 30.9 Å². The van der Waals surface area contributed by atoms with Gasteiger partial charge in [0.25, 0.3) is 5.09 Å². The van der Waals surface area contributed by atoms with E-state index in [0.29, 0.717) is 29.1 Å². The van der Waals surface area contributed by atoms with E-state index in [1.807, 2.05) is 36.6 Å². The zero-order valence-electron chi connectivity index (χ0n) is 24.8. The zero-order chi connectivity index (χ0) is 33.3. The van der Waals surface area contributed by atoms with E-state index >= 15 is 0 Å². The van der Waals surface area contributed by atoms with Gasteiger partial charge in [0, 0.05) is 15.3 Å². The van der Waals surface area contributed by atoms with E-state index in [1.165, 1.54) is 45.0 Å². The van der Waals surface area contributed by atoms with E-state index in [4.69, 9.17) is 21.7 Å². The highest BCUT2D eigenvalue weighted by Crippen LogP contribution is 2.33. The van der Waals surface area contributed by atoms with Crippen molar-refractivity contribution in [3.63, 3.8) is 0 Å². The summed E-state index contributed by atoms with van der Waals surface area (Å²) in [6, 6.07) is 22.0. The Hall–Kier alpha value is -4.44. The number of hydrogen-bond donors (Lipinski definition) is 0. The minimum atomic E-state index is -0.887. The molecule has 2 heterocycles. The third kappa shape index (κ3) is 8.88. The Labute approximate surface area is 285 Å². The molecule has 0 aliphatic rings. The van der Waals surface area contributed by atoms with Crippen molar-refractivity contribution in [2.75, 3.05) is 19.5 Å². The van der Waals surface area contributed by atoms with Crippen molar-refractivity contribution in [1.29, 1.82) is 0 Å². The van der Waals surface area contributed by atoms with E-state index in [0.717, 1.165) is 19.2 Å². The lowest BCUT2D eigenvalue weighted by Crippen LogP contribution is -2.16. The highest BCUT2D eigenvalue weighted by molar-refractivity contribution is 7.98. The summed E-state index contributed by atoms with van der Waals surface area (Å²) in [7, 11) is 3.06. The summed E-state index contributed by atoms with van der Waals surface area (Å²) in [5.74, 6) is -1.66. The lowest BCUT2D eigenvalue weighted by molar-refractivity contribution is -0.757. The number of halogens is 1. The van der Waals surface area contributed by atoms with Crippen LogP contribution in [0.1, 0.15) is 28.9 Å². The summed E-state index contributed by atoms with van der Waals surface area (Å²) in [5.41, 5.74) is 2.22. The Morgan fingerprint density at radius 1 is 1.00 bits per heavy atom. The quantitative estimate of drug-likeness (QED) is 0.0163. The fourth-order valence-electron chi connectivity index (χ4n) is 4.56. The Bertz CT molecular complexity index is 1940. The zero-order valence-corrected chi connectivity index (χ0v) is 28.0. The van der Waals surface area contributed by atoms with Gasteiger partial charge >= 0.3 is 11.9 Å². The lowest BCUT2D eigenvalue weighted by Gasteiger charge is -2.11. The van der Waals surface area contributed by atoms with Crippen LogP contribution in [-0.2, 0) is 20.8 Å². The van der Waals surface area contributed by atoms with Gasteiger partial charge in [-0.1, -0.05) is 51.1 Å². The Balaban J connectivity index is 1.47. The highest BCUT2D eigenvalue weighted by atomic mass is 32.9. The standard InChI is InChI=1S/C32H26FN3O7S4/c1-45-25-13-9-21(10-14-25)31-30(32(38)41-15-2-3-16-42-36(39)40)26(34-35(31)23-6-4-5-22(33)17-23)18-28(37)43-24-11-7-20(8-12-24)27-19-29(44)47-46-27/h4-14,17,19H,2-3,15-16,18H2,1H3. The first kappa shape index (κ1) is 33.9. The maximum atomic E-state index is 14.4. The molecule has 0 N–H and O–H groups in total. The second-order valence-corrected chi connectivity index (χ2v) is 13.7. The normalized spacial score (nSPS) is 10.9. The number of aromatic nitrogens is 2. The molecule has 0 atom stereocenters. The molecule has 15 heteroatoms. The number of ether oxygens (including phenoxy) is 2. The summed E-state index contributed by atoms with van der Waals surface area (Å²) >= 11 is 6.76. The number of hydrogen-bond acceptors (Lipinski definition) is 12. The minimum Gasteiger partial charge on any atom is -0.462 e. The molecular weight excluding hydrogens is 686 g/mol. The SMILES string of the molecule is CSc1ccc(-c2c(C(=O)OCCCCO[N+](=O)[O-])c(CC(=O)Oc3ccc(-c4cc(=S)ss4)cc3)nn2-c2cccc(F)c2)cc1. The van der Waals surface area contributed by atoms with E-state index < -0.39 is 29.3 Å². The first-order valence-corrected chi connectivity index (χ1v) is 17.9. The molecule has 47 heavy (non-hydrogen) atoms. The molecule has 0 spiro atoms. The third-order valence-electron chi connectivity index (χ3n) is 6.69. The molecule has 0 saturated heterocycles. The van der Waals surface area contributed by atoms with Crippen molar-refractivity contribution in [3.05, 3.63) is 110 Å². The number of carbonyl (C=O) groups excluding carboxylic acids is 2. The average Bonchev–Trinajstić information content (AvgIpc) is 3.66. The van der Waals surface area contributed by atoms with Crippen LogP contribution in [0.4, 0.5) is 4.39 Å². The summed E-state index contributed by atoms with van der Waals surface area (Å²) in [6.45, 7) is -0.208. The van der Waals surface area contributed by atoms with Crippen molar-refractivity contribution in [3.8, 4) is 33.1 Å². The molecule has 5 aromatic rings. The van der Waals surface area contributed by atoms with Crippen molar-refractivity contribution in [1.82, 2.24) is 9.78 Å². The van der Waals surface area contributed by atoms with Gasteiger partial charge in [-0.2, -0.15) is 5.10 Å². The van der Waals surface area contributed by atoms with Gasteiger partial charge < -0.3 is 14.3 Å². The van der Waals surface area contributed by atoms with Crippen LogP contribution >= 0.6 is 44.7 Å². The molecule has 0 bridgehead atoms. The van der Waals surface area contributed by atoms with Crippen molar-refractivity contribution in [2.45, 2.75) is 24.2 Å². The monoisotopic (exact) mass is 711 g/mol. The molecule has 0 aliphatic heterocycles.